The molecule has 7 nitrogen and oxygen atoms in total. The Balaban J connectivity index is 1.63. The lowest BCUT2D eigenvalue weighted by Crippen LogP contribution is -2.29. The fourth-order valence-electron chi connectivity index (χ4n) is 5.79. The van der Waals surface area contributed by atoms with Crippen molar-refractivity contribution in [3.05, 3.63) is 29.3 Å². The van der Waals surface area contributed by atoms with Crippen LogP contribution in [0.2, 0.25) is 0 Å². The van der Waals surface area contributed by atoms with Gasteiger partial charge in [-0.25, -0.2) is 14.6 Å². The van der Waals surface area contributed by atoms with Crippen molar-refractivity contribution in [1.29, 1.82) is 5.41 Å². The van der Waals surface area contributed by atoms with Gasteiger partial charge in [-0.3, -0.25) is 0 Å². The zero-order valence-electron chi connectivity index (χ0n) is 21.4. The quantitative estimate of drug-likeness (QED) is 0.135. The predicted molar refractivity (Wildman–Crippen MR) is 135 cm³/mol. The van der Waals surface area contributed by atoms with E-state index in [1.165, 1.54) is 11.8 Å². The first-order valence-electron chi connectivity index (χ1n) is 13.3. The van der Waals surface area contributed by atoms with Gasteiger partial charge in [0.1, 0.15) is 11.9 Å². The highest BCUT2D eigenvalue weighted by molar-refractivity contribution is 5.68. The number of benzene rings is 1. The molecule has 35 heavy (non-hydrogen) atoms. The third-order valence-corrected chi connectivity index (χ3v) is 7.77. The van der Waals surface area contributed by atoms with Crippen LogP contribution in [0.3, 0.4) is 0 Å². The Bertz CT molecular complexity index is 828. The zero-order valence-corrected chi connectivity index (χ0v) is 21.4. The molecule has 0 spiro atoms. The number of ether oxygens (including phenoxy) is 1. The van der Waals surface area contributed by atoms with Gasteiger partial charge in [-0.05, 0) is 79.4 Å². The minimum Gasteiger partial charge on any atom is -0.482 e. The second-order valence-electron chi connectivity index (χ2n) is 10.6. The number of fused-ring (bicyclic) bond motifs is 2. The van der Waals surface area contributed by atoms with Gasteiger partial charge in [0, 0.05) is 6.21 Å². The Kier molecular flexibility index (Phi) is 10.6. The van der Waals surface area contributed by atoms with Crippen LogP contribution in [-0.2, 0) is 27.4 Å². The summed E-state index contributed by atoms with van der Waals surface area (Å²) in [6.45, 7) is 5.87. The molecule has 1 saturated carbocycles. The minimum absolute atomic E-state index is 0.0408. The molecule has 1 aromatic carbocycles. The van der Waals surface area contributed by atoms with Crippen LogP contribution < -0.4 is 4.74 Å². The van der Waals surface area contributed by atoms with E-state index in [0.717, 1.165) is 63.4 Å². The fraction of sp³-hybridized carbons (Fsp3) is 0.714. The molecule has 7 heteroatoms. The van der Waals surface area contributed by atoms with Crippen LogP contribution in [0.15, 0.2) is 18.2 Å². The molecule has 196 valence electrons. The number of nitrogens with one attached hydrogen (secondary N) is 1. The van der Waals surface area contributed by atoms with Crippen LogP contribution >= 0.6 is 0 Å². The maximum absolute atomic E-state index is 11.0. The first-order valence-corrected chi connectivity index (χ1v) is 13.3. The molecule has 6 atom stereocenters. The number of aliphatic hydroxyl groups excluding tert-OH is 1. The smallest absolute Gasteiger partial charge is 0.341 e. The molecule has 0 heterocycles. The summed E-state index contributed by atoms with van der Waals surface area (Å²) in [7, 11) is 0. The number of unbranched alkanes of at least 4 members (excludes halogenated alkanes) is 2. The molecular formula is C28H43NO6. The average Bonchev–Trinajstić information content (AvgIpc) is 3.13. The number of carbonyl (C=O) groups is 1. The monoisotopic (exact) mass is 489 g/mol. The van der Waals surface area contributed by atoms with Gasteiger partial charge in [0.25, 0.3) is 0 Å². The van der Waals surface area contributed by atoms with Gasteiger partial charge in [-0.15, -0.1) is 0 Å². The number of aliphatic carboxylic acids is 1. The molecule has 1 fully saturated rings. The van der Waals surface area contributed by atoms with Crippen LogP contribution in [0, 0.1) is 29.1 Å². The molecule has 1 aromatic rings. The van der Waals surface area contributed by atoms with Crippen molar-refractivity contribution in [1.82, 2.24) is 0 Å². The van der Waals surface area contributed by atoms with Crippen LogP contribution in [0.5, 0.6) is 5.75 Å². The number of aliphatic hydroxyl groups is 1. The standard InChI is InChI=1S/C28H43NO6/c1-4-5-6-9-21(34-35-27(16-29)18(2)3)11-12-22-23-13-19-8-7-10-26(33-17-28(31)32)24(19)14-20(23)15-25(22)30/h7-8,10,16,18,20-23,25,27,29-30H,4-6,9,11-15,17H2,1-3H3,(H,31,32)/t20-,21-,22+,23-,25+,27?/m0/s1. The maximum atomic E-state index is 11.0. The highest BCUT2D eigenvalue weighted by Gasteiger charge is 2.45. The van der Waals surface area contributed by atoms with E-state index in [0.29, 0.717) is 17.6 Å². The maximum Gasteiger partial charge on any atom is 0.341 e. The second kappa shape index (κ2) is 13.4. The van der Waals surface area contributed by atoms with Crippen LogP contribution in [-0.4, -0.2) is 47.3 Å². The summed E-state index contributed by atoms with van der Waals surface area (Å²) in [5.74, 6) is 0.831. The Hall–Kier alpha value is -1.96. The zero-order chi connectivity index (χ0) is 25.4. The van der Waals surface area contributed by atoms with Gasteiger partial charge in [0.15, 0.2) is 6.61 Å². The molecule has 0 aliphatic heterocycles. The third kappa shape index (κ3) is 7.51. The highest BCUT2D eigenvalue weighted by Crippen LogP contribution is 2.48. The van der Waals surface area contributed by atoms with Crippen molar-refractivity contribution in [2.75, 3.05) is 6.61 Å². The molecule has 3 N–H and O–H groups in total. The Labute approximate surface area is 209 Å². The van der Waals surface area contributed by atoms with E-state index in [2.05, 4.69) is 13.0 Å². The van der Waals surface area contributed by atoms with E-state index in [1.807, 2.05) is 26.0 Å². The van der Waals surface area contributed by atoms with E-state index >= 15 is 0 Å². The largest absolute Gasteiger partial charge is 0.482 e. The van der Waals surface area contributed by atoms with Crippen molar-refractivity contribution < 1.29 is 29.5 Å². The number of hydrogen-bond acceptors (Lipinski definition) is 6. The predicted octanol–water partition coefficient (Wildman–Crippen LogP) is 5.21. The van der Waals surface area contributed by atoms with Gasteiger partial charge in [-0.1, -0.05) is 52.2 Å². The van der Waals surface area contributed by atoms with E-state index in [1.54, 1.807) is 0 Å². The molecule has 0 bridgehead atoms. The first-order chi connectivity index (χ1) is 16.8. The van der Waals surface area contributed by atoms with Crippen molar-refractivity contribution in [3.63, 3.8) is 0 Å². The number of carboxylic acid groups (broad SMARTS) is 1. The third-order valence-electron chi connectivity index (χ3n) is 7.77. The lowest BCUT2D eigenvalue weighted by Gasteiger charge is -2.32. The Morgan fingerprint density at radius 1 is 1.20 bits per heavy atom. The highest BCUT2D eigenvalue weighted by atomic mass is 17.2. The van der Waals surface area contributed by atoms with Crippen molar-refractivity contribution >= 4 is 12.2 Å². The van der Waals surface area contributed by atoms with E-state index < -0.39 is 5.97 Å². The van der Waals surface area contributed by atoms with Crippen LogP contribution in [0.25, 0.3) is 0 Å². The molecule has 0 aromatic heterocycles. The number of rotatable bonds is 15. The van der Waals surface area contributed by atoms with Crippen LogP contribution in [0.4, 0.5) is 0 Å². The average molecular weight is 490 g/mol. The topological polar surface area (TPSA) is 109 Å². The van der Waals surface area contributed by atoms with Crippen LogP contribution in [0.1, 0.15) is 76.8 Å². The normalized spacial score (nSPS) is 25.1. The lowest BCUT2D eigenvalue weighted by atomic mass is 9.73. The van der Waals surface area contributed by atoms with Gasteiger partial charge >= 0.3 is 5.97 Å². The summed E-state index contributed by atoms with van der Waals surface area (Å²) >= 11 is 0. The van der Waals surface area contributed by atoms with Gasteiger partial charge in [-0.2, -0.15) is 0 Å². The molecule has 0 radical (unpaired) electrons. The van der Waals surface area contributed by atoms with Gasteiger partial charge in [0.05, 0.1) is 12.2 Å². The number of carboxylic acids is 1. The summed E-state index contributed by atoms with van der Waals surface area (Å²) in [5, 5.41) is 27.6. The van der Waals surface area contributed by atoms with E-state index in [-0.39, 0.29) is 36.8 Å². The van der Waals surface area contributed by atoms with E-state index in [4.69, 9.17) is 25.0 Å². The summed E-state index contributed by atoms with van der Waals surface area (Å²) in [4.78, 5) is 22.5. The summed E-state index contributed by atoms with van der Waals surface area (Å²) in [5.41, 5.74) is 2.31. The summed E-state index contributed by atoms with van der Waals surface area (Å²) in [6, 6.07) is 5.89. The Morgan fingerprint density at radius 2 is 2.00 bits per heavy atom. The molecule has 0 amide bonds. The second-order valence-corrected chi connectivity index (χ2v) is 10.6. The fourth-order valence-corrected chi connectivity index (χ4v) is 5.79. The molecule has 2 aliphatic rings. The number of hydrogen-bond donors (Lipinski definition) is 3. The van der Waals surface area contributed by atoms with Crippen molar-refractivity contribution in [2.45, 2.75) is 96.9 Å². The van der Waals surface area contributed by atoms with Gasteiger partial charge in [0.2, 0.25) is 0 Å². The Morgan fingerprint density at radius 3 is 2.69 bits per heavy atom. The molecule has 1 unspecified atom stereocenters. The van der Waals surface area contributed by atoms with Crippen molar-refractivity contribution in [3.8, 4) is 5.75 Å². The SMILES string of the molecule is CCCCC[C@@H](CC[C@@H]1[C@H]2Cc3cccc(OCC(=O)O)c3C[C@H]2C[C@H]1O)OOC(C=N)C(C)C. The molecule has 2 aliphatic carbocycles. The summed E-state index contributed by atoms with van der Waals surface area (Å²) < 4.78 is 5.56. The minimum atomic E-state index is -0.979. The van der Waals surface area contributed by atoms with Crippen molar-refractivity contribution in [2.24, 2.45) is 23.7 Å². The molecule has 3 rings (SSSR count). The molecular weight excluding hydrogens is 446 g/mol. The van der Waals surface area contributed by atoms with Gasteiger partial charge < -0.3 is 20.4 Å². The summed E-state index contributed by atoms with van der Waals surface area (Å²) in [6.07, 6.45) is 9.03. The van der Waals surface area contributed by atoms with E-state index in [9.17, 15) is 9.90 Å². The lowest BCUT2D eigenvalue weighted by molar-refractivity contribution is -0.345. The molecule has 0 saturated heterocycles. The first kappa shape index (κ1) is 27.6.